The first-order valence-electron chi connectivity index (χ1n) is 7.50. The van der Waals surface area contributed by atoms with Gasteiger partial charge in [0.2, 0.25) is 0 Å². The Hall–Kier alpha value is -2.18. The van der Waals surface area contributed by atoms with Gasteiger partial charge >= 0.3 is 0 Å². The lowest BCUT2D eigenvalue weighted by atomic mass is 10.2. The van der Waals surface area contributed by atoms with Crippen molar-refractivity contribution in [2.75, 3.05) is 10.6 Å². The summed E-state index contributed by atoms with van der Waals surface area (Å²) in [7, 11) is 0. The van der Waals surface area contributed by atoms with Crippen LogP contribution in [0, 0.1) is 6.92 Å². The Kier molecular flexibility index (Phi) is 5.27. The molecule has 1 heterocycles. The van der Waals surface area contributed by atoms with Gasteiger partial charge in [-0.05, 0) is 64.9 Å². The number of benzene rings is 2. The summed E-state index contributed by atoms with van der Waals surface area (Å²) >= 11 is 8.79. The van der Waals surface area contributed by atoms with Crippen LogP contribution in [0.1, 0.15) is 11.1 Å². The summed E-state index contributed by atoms with van der Waals surface area (Å²) in [6.07, 6.45) is 3.73. The molecule has 0 fully saturated rings. The Bertz CT molecular complexity index is 842. The van der Waals surface area contributed by atoms with Gasteiger partial charge in [-0.3, -0.25) is 4.68 Å². The minimum Gasteiger partial charge on any atom is -0.332 e. The topological polar surface area (TPSA) is 41.9 Å². The lowest BCUT2D eigenvalue weighted by Crippen LogP contribution is -2.19. The van der Waals surface area contributed by atoms with Gasteiger partial charge in [0.25, 0.3) is 0 Å². The number of rotatable bonds is 4. The number of halogens is 1. The lowest BCUT2D eigenvalue weighted by Gasteiger charge is -2.12. The van der Waals surface area contributed by atoms with Crippen LogP contribution in [-0.2, 0) is 6.54 Å². The second-order valence-electron chi connectivity index (χ2n) is 5.50. The summed E-state index contributed by atoms with van der Waals surface area (Å²) in [5.41, 5.74) is 4.28. The first kappa shape index (κ1) is 16.7. The molecule has 0 unspecified atom stereocenters. The molecule has 0 atom stereocenters. The molecule has 1 aromatic heterocycles. The SMILES string of the molecule is Cc1ccc(NC(=S)Nc2cccc(Cn3cc(Br)cn3)c2)cc1. The van der Waals surface area contributed by atoms with Crippen molar-refractivity contribution >= 4 is 44.6 Å². The average Bonchev–Trinajstić information content (AvgIpc) is 2.95. The van der Waals surface area contributed by atoms with Crippen molar-refractivity contribution < 1.29 is 0 Å². The van der Waals surface area contributed by atoms with Crippen molar-refractivity contribution in [3.05, 3.63) is 76.5 Å². The molecule has 2 aromatic carbocycles. The zero-order valence-corrected chi connectivity index (χ0v) is 15.6. The van der Waals surface area contributed by atoms with Gasteiger partial charge in [-0.15, -0.1) is 0 Å². The minimum atomic E-state index is 0.567. The normalized spacial score (nSPS) is 10.4. The van der Waals surface area contributed by atoms with E-state index in [1.807, 2.05) is 47.3 Å². The zero-order chi connectivity index (χ0) is 16.9. The van der Waals surface area contributed by atoms with E-state index >= 15 is 0 Å². The molecule has 2 N–H and O–H groups in total. The van der Waals surface area contributed by atoms with E-state index in [-0.39, 0.29) is 0 Å². The molecule has 3 aromatic rings. The summed E-state index contributed by atoms with van der Waals surface area (Å²) in [5.74, 6) is 0. The molecule has 0 spiro atoms. The van der Waals surface area contributed by atoms with Crippen LogP contribution < -0.4 is 10.6 Å². The van der Waals surface area contributed by atoms with E-state index in [1.54, 1.807) is 6.20 Å². The van der Waals surface area contributed by atoms with Gasteiger partial charge < -0.3 is 10.6 Å². The molecule has 122 valence electrons. The number of aromatic nitrogens is 2. The molecular weight excluding hydrogens is 384 g/mol. The summed E-state index contributed by atoms with van der Waals surface area (Å²) in [6, 6.07) is 16.2. The van der Waals surface area contributed by atoms with Gasteiger partial charge in [0.05, 0.1) is 17.2 Å². The molecular formula is C18H17BrN4S. The zero-order valence-electron chi connectivity index (χ0n) is 13.2. The molecule has 3 rings (SSSR count). The second-order valence-corrected chi connectivity index (χ2v) is 6.83. The monoisotopic (exact) mass is 400 g/mol. The van der Waals surface area contributed by atoms with E-state index in [9.17, 15) is 0 Å². The maximum absolute atomic E-state index is 5.38. The number of hydrogen-bond donors (Lipinski definition) is 2. The Morgan fingerprint density at radius 2 is 1.88 bits per heavy atom. The predicted molar refractivity (Wildman–Crippen MR) is 106 cm³/mol. The third kappa shape index (κ3) is 4.66. The highest BCUT2D eigenvalue weighted by Crippen LogP contribution is 2.15. The number of aryl methyl sites for hydroxylation is 1. The molecule has 4 nitrogen and oxygen atoms in total. The van der Waals surface area contributed by atoms with Crippen LogP contribution in [0.25, 0.3) is 0 Å². The molecule has 0 saturated heterocycles. The van der Waals surface area contributed by atoms with Crippen LogP contribution in [0.15, 0.2) is 65.4 Å². The number of thiocarbonyl (C=S) groups is 1. The summed E-state index contributed by atoms with van der Waals surface area (Å²) in [4.78, 5) is 0. The van der Waals surface area contributed by atoms with Gasteiger partial charge in [0.15, 0.2) is 5.11 Å². The third-order valence-electron chi connectivity index (χ3n) is 3.44. The van der Waals surface area contributed by atoms with Crippen molar-refractivity contribution in [3.63, 3.8) is 0 Å². The summed E-state index contributed by atoms with van der Waals surface area (Å²) in [5, 5.41) is 11.2. The molecule has 0 aliphatic heterocycles. The second kappa shape index (κ2) is 7.59. The van der Waals surface area contributed by atoms with Crippen LogP contribution >= 0.6 is 28.1 Å². The summed E-state index contributed by atoms with van der Waals surface area (Å²) < 4.78 is 2.85. The Labute approximate surface area is 155 Å². The molecule has 0 bridgehead atoms. The van der Waals surface area contributed by atoms with E-state index in [1.165, 1.54) is 5.56 Å². The first-order valence-corrected chi connectivity index (χ1v) is 8.70. The van der Waals surface area contributed by atoms with E-state index in [4.69, 9.17) is 12.2 Å². The van der Waals surface area contributed by atoms with Crippen molar-refractivity contribution in [1.29, 1.82) is 0 Å². The standard InChI is InChI=1S/C18H17BrN4S/c1-13-5-7-16(8-6-13)21-18(24)22-17-4-2-3-14(9-17)11-23-12-15(19)10-20-23/h2-10,12H,11H2,1H3,(H2,21,22,24). The van der Waals surface area contributed by atoms with Gasteiger partial charge in [-0.2, -0.15) is 5.10 Å². The number of hydrogen-bond acceptors (Lipinski definition) is 2. The van der Waals surface area contributed by atoms with E-state index < -0.39 is 0 Å². The van der Waals surface area contributed by atoms with Gasteiger partial charge in [-0.1, -0.05) is 29.8 Å². The first-order chi connectivity index (χ1) is 11.6. The van der Waals surface area contributed by atoms with Gasteiger partial charge in [-0.25, -0.2) is 0 Å². The predicted octanol–water partition coefficient (Wildman–Crippen LogP) is 4.81. The highest BCUT2D eigenvalue weighted by Gasteiger charge is 2.02. The summed E-state index contributed by atoms with van der Waals surface area (Å²) in [6.45, 7) is 2.77. The van der Waals surface area contributed by atoms with Crippen molar-refractivity contribution in [3.8, 4) is 0 Å². The highest BCUT2D eigenvalue weighted by atomic mass is 79.9. The molecule has 0 saturated carbocycles. The molecule has 0 radical (unpaired) electrons. The van der Waals surface area contributed by atoms with Gasteiger partial charge in [0, 0.05) is 17.6 Å². The molecule has 0 aliphatic rings. The fourth-order valence-electron chi connectivity index (χ4n) is 2.29. The van der Waals surface area contributed by atoms with Crippen LogP contribution in [-0.4, -0.2) is 14.9 Å². The molecule has 0 aliphatic carbocycles. The van der Waals surface area contributed by atoms with Crippen LogP contribution in [0.3, 0.4) is 0 Å². The fourth-order valence-corrected chi connectivity index (χ4v) is 2.85. The van der Waals surface area contributed by atoms with Crippen LogP contribution in [0.2, 0.25) is 0 Å². The lowest BCUT2D eigenvalue weighted by molar-refractivity contribution is 0.687. The van der Waals surface area contributed by atoms with E-state index in [2.05, 4.69) is 50.7 Å². The van der Waals surface area contributed by atoms with Crippen molar-refractivity contribution in [2.24, 2.45) is 0 Å². The van der Waals surface area contributed by atoms with Gasteiger partial charge in [0.1, 0.15) is 0 Å². The number of nitrogens with one attached hydrogen (secondary N) is 2. The number of nitrogens with zero attached hydrogens (tertiary/aromatic N) is 2. The number of anilines is 2. The average molecular weight is 401 g/mol. The van der Waals surface area contributed by atoms with E-state index in [0.29, 0.717) is 11.7 Å². The Morgan fingerprint density at radius 3 is 2.58 bits per heavy atom. The smallest absolute Gasteiger partial charge is 0.175 e. The maximum Gasteiger partial charge on any atom is 0.175 e. The largest absolute Gasteiger partial charge is 0.332 e. The van der Waals surface area contributed by atoms with Crippen molar-refractivity contribution in [2.45, 2.75) is 13.5 Å². The molecule has 0 amide bonds. The third-order valence-corrected chi connectivity index (χ3v) is 4.05. The maximum atomic E-state index is 5.38. The fraction of sp³-hybridized carbons (Fsp3) is 0.111. The Balaban J connectivity index is 1.63. The Morgan fingerprint density at radius 1 is 1.12 bits per heavy atom. The minimum absolute atomic E-state index is 0.567. The molecule has 24 heavy (non-hydrogen) atoms. The van der Waals surface area contributed by atoms with Crippen molar-refractivity contribution in [1.82, 2.24) is 9.78 Å². The quantitative estimate of drug-likeness (QED) is 0.616. The van der Waals surface area contributed by atoms with Crippen LogP contribution in [0.4, 0.5) is 11.4 Å². The van der Waals surface area contributed by atoms with E-state index in [0.717, 1.165) is 21.4 Å². The molecule has 6 heteroatoms. The highest BCUT2D eigenvalue weighted by molar-refractivity contribution is 9.10. The van der Waals surface area contributed by atoms with Crippen LogP contribution in [0.5, 0.6) is 0 Å².